The van der Waals surface area contributed by atoms with Gasteiger partial charge in [-0.3, -0.25) is 0 Å². The molecular weight excluding hydrogens is 264 g/mol. The summed E-state index contributed by atoms with van der Waals surface area (Å²) in [5.41, 5.74) is 2.31. The van der Waals surface area contributed by atoms with Gasteiger partial charge in [0, 0.05) is 29.4 Å². The smallest absolute Gasteiger partial charge is 0.186 e. The van der Waals surface area contributed by atoms with E-state index in [0.29, 0.717) is 0 Å². The molecule has 0 amide bonds. The largest absolute Gasteiger partial charge is 0.378 e. The van der Waals surface area contributed by atoms with Crippen molar-refractivity contribution in [1.29, 1.82) is 0 Å². The molecule has 3 rings (SSSR count). The van der Waals surface area contributed by atoms with E-state index in [9.17, 15) is 0 Å². The second-order valence-electron chi connectivity index (χ2n) is 3.63. The first-order chi connectivity index (χ1) is 8.93. The summed E-state index contributed by atoms with van der Waals surface area (Å²) in [5, 5.41) is 7.47. The van der Waals surface area contributed by atoms with Crippen LogP contribution in [0.4, 0.5) is 5.13 Å². The van der Waals surface area contributed by atoms with Crippen molar-refractivity contribution in [2.75, 3.05) is 31.2 Å². The van der Waals surface area contributed by atoms with E-state index in [0.717, 1.165) is 37.1 Å². The molecule has 0 aromatic carbocycles. The second-order valence-corrected chi connectivity index (χ2v) is 5.24. The third-order valence-electron chi connectivity index (χ3n) is 2.59. The molecule has 0 unspecified atom stereocenters. The van der Waals surface area contributed by atoms with Gasteiger partial charge in [0.05, 0.1) is 18.9 Å². The Labute approximate surface area is 116 Å². The first-order valence-electron chi connectivity index (χ1n) is 6.24. The molecule has 0 N–H and O–H groups in total. The van der Waals surface area contributed by atoms with Crippen LogP contribution in [0.3, 0.4) is 0 Å². The topological polar surface area (TPSA) is 25.4 Å². The summed E-state index contributed by atoms with van der Waals surface area (Å²) in [6.07, 6.45) is 0. The van der Waals surface area contributed by atoms with Crippen LogP contribution < -0.4 is 4.90 Å². The molecule has 0 radical (unpaired) electrons. The maximum absolute atomic E-state index is 5.34. The Morgan fingerprint density at radius 2 is 2.00 bits per heavy atom. The standard InChI is InChI=1S/C11H12N2OS2.C2H6/c1-6-15-7-9(1)10-8-16-11(12-10)13-2-4-14-5-3-13;1-2/h1,6-8H,2-5H2;1-2H3. The van der Waals surface area contributed by atoms with Gasteiger partial charge in [0.15, 0.2) is 5.13 Å². The number of morpholine rings is 1. The molecule has 0 saturated carbocycles. The molecule has 18 heavy (non-hydrogen) atoms. The molecule has 0 aliphatic carbocycles. The Balaban J connectivity index is 0.000000574. The lowest BCUT2D eigenvalue weighted by molar-refractivity contribution is 0.122. The number of aromatic nitrogens is 1. The molecule has 3 heterocycles. The highest BCUT2D eigenvalue weighted by atomic mass is 32.1. The molecule has 1 aliphatic rings. The minimum Gasteiger partial charge on any atom is -0.378 e. The zero-order valence-electron chi connectivity index (χ0n) is 10.8. The molecule has 1 saturated heterocycles. The van der Waals surface area contributed by atoms with Crippen molar-refractivity contribution in [2.45, 2.75) is 13.8 Å². The Kier molecular flexibility index (Phi) is 5.16. The quantitative estimate of drug-likeness (QED) is 0.839. The SMILES string of the molecule is CC.c1cc(-c2csc(N3CCOCC3)n2)cs1. The van der Waals surface area contributed by atoms with Crippen LogP contribution in [0, 0.1) is 0 Å². The summed E-state index contributed by atoms with van der Waals surface area (Å²) >= 11 is 3.43. The van der Waals surface area contributed by atoms with Crippen molar-refractivity contribution in [3.8, 4) is 11.3 Å². The fraction of sp³-hybridized carbons (Fsp3) is 0.462. The lowest BCUT2D eigenvalue weighted by atomic mass is 10.3. The molecule has 3 nitrogen and oxygen atoms in total. The van der Waals surface area contributed by atoms with Gasteiger partial charge in [-0.05, 0) is 11.4 Å². The van der Waals surface area contributed by atoms with Crippen molar-refractivity contribution in [3.63, 3.8) is 0 Å². The number of anilines is 1. The molecule has 1 fully saturated rings. The van der Waals surface area contributed by atoms with Gasteiger partial charge in [0.2, 0.25) is 0 Å². The third kappa shape index (κ3) is 3.10. The summed E-state index contributed by atoms with van der Waals surface area (Å²) in [6, 6.07) is 2.11. The number of hydrogen-bond donors (Lipinski definition) is 0. The molecule has 98 valence electrons. The molecule has 0 bridgehead atoms. The van der Waals surface area contributed by atoms with Gasteiger partial charge in [-0.1, -0.05) is 13.8 Å². The Morgan fingerprint density at radius 1 is 1.22 bits per heavy atom. The normalized spacial score (nSPS) is 15.1. The molecule has 0 atom stereocenters. The average Bonchev–Trinajstić information content (AvgIpc) is 3.13. The minimum absolute atomic E-state index is 0.813. The number of hydrogen-bond acceptors (Lipinski definition) is 5. The highest BCUT2D eigenvalue weighted by Crippen LogP contribution is 2.28. The monoisotopic (exact) mass is 282 g/mol. The fourth-order valence-corrected chi connectivity index (χ4v) is 3.25. The van der Waals surface area contributed by atoms with E-state index in [4.69, 9.17) is 4.74 Å². The lowest BCUT2D eigenvalue weighted by Crippen LogP contribution is -2.36. The molecular formula is C13H18N2OS2. The van der Waals surface area contributed by atoms with E-state index in [1.165, 1.54) is 5.56 Å². The maximum atomic E-state index is 5.34. The Bertz CT molecular complexity index is 447. The highest BCUT2D eigenvalue weighted by molar-refractivity contribution is 7.14. The summed E-state index contributed by atoms with van der Waals surface area (Å²) < 4.78 is 5.34. The van der Waals surface area contributed by atoms with Crippen LogP contribution in [0.1, 0.15) is 13.8 Å². The number of thiophene rings is 1. The van der Waals surface area contributed by atoms with Crippen molar-refractivity contribution < 1.29 is 4.74 Å². The van der Waals surface area contributed by atoms with Crippen molar-refractivity contribution in [1.82, 2.24) is 4.98 Å². The summed E-state index contributed by atoms with van der Waals surface area (Å²) in [4.78, 5) is 6.97. The summed E-state index contributed by atoms with van der Waals surface area (Å²) in [5.74, 6) is 0. The van der Waals surface area contributed by atoms with Gasteiger partial charge in [0.1, 0.15) is 0 Å². The predicted molar refractivity (Wildman–Crippen MR) is 79.8 cm³/mol. The van der Waals surface area contributed by atoms with Crippen LogP contribution in [0.2, 0.25) is 0 Å². The minimum atomic E-state index is 0.813. The van der Waals surface area contributed by atoms with Crippen molar-refractivity contribution >= 4 is 27.8 Å². The van der Waals surface area contributed by atoms with Crippen LogP contribution in [0.5, 0.6) is 0 Å². The van der Waals surface area contributed by atoms with Crippen LogP contribution in [-0.4, -0.2) is 31.3 Å². The first kappa shape index (κ1) is 13.5. The molecule has 0 spiro atoms. The zero-order chi connectivity index (χ0) is 12.8. The maximum Gasteiger partial charge on any atom is 0.186 e. The number of ether oxygens (including phenoxy) is 1. The van der Waals surface area contributed by atoms with Gasteiger partial charge in [-0.2, -0.15) is 11.3 Å². The fourth-order valence-electron chi connectivity index (χ4n) is 1.71. The van der Waals surface area contributed by atoms with Gasteiger partial charge < -0.3 is 9.64 Å². The second kappa shape index (κ2) is 6.87. The number of thiazole rings is 1. The van der Waals surface area contributed by atoms with Gasteiger partial charge in [0.25, 0.3) is 0 Å². The molecule has 2 aromatic rings. The zero-order valence-corrected chi connectivity index (χ0v) is 12.4. The Morgan fingerprint density at radius 3 is 2.67 bits per heavy atom. The van der Waals surface area contributed by atoms with E-state index < -0.39 is 0 Å². The highest BCUT2D eigenvalue weighted by Gasteiger charge is 2.15. The van der Waals surface area contributed by atoms with E-state index in [1.54, 1.807) is 22.7 Å². The summed E-state index contributed by atoms with van der Waals surface area (Å²) in [6.45, 7) is 7.54. The third-order valence-corrected chi connectivity index (χ3v) is 4.18. The van der Waals surface area contributed by atoms with Gasteiger partial charge in [-0.15, -0.1) is 11.3 Å². The Hall–Kier alpha value is -0.910. The summed E-state index contributed by atoms with van der Waals surface area (Å²) in [7, 11) is 0. The lowest BCUT2D eigenvalue weighted by Gasteiger charge is -2.25. The van der Waals surface area contributed by atoms with Crippen LogP contribution in [0.25, 0.3) is 11.3 Å². The van der Waals surface area contributed by atoms with Crippen LogP contribution >= 0.6 is 22.7 Å². The van der Waals surface area contributed by atoms with Crippen molar-refractivity contribution in [2.24, 2.45) is 0 Å². The predicted octanol–water partition coefficient (Wildman–Crippen LogP) is 3.73. The van der Waals surface area contributed by atoms with E-state index in [-0.39, 0.29) is 0 Å². The van der Waals surface area contributed by atoms with Crippen LogP contribution in [-0.2, 0) is 4.74 Å². The van der Waals surface area contributed by atoms with Gasteiger partial charge in [-0.25, -0.2) is 4.98 Å². The molecule has 1 aliphatic heterocycles. The number of rotatable bonds is 2. The average molecular weight is 282 g/mol. The number of nitrogens with zero attached hydrogens (tertiary/aromatic N) is 2. The van der Waals surface area contributed by atoms with E-state index >= 15 is 0 Å². The van der Waals surface area contributed by atoms with Crippen LogP contribution in [0.15, 0.2) is 22.2 Å². The van der Waals surface area contributed by atoms with Crippen molar-refractivity contribution in [3.05, 3.63) is 22.2 Å². The molecule has 2 aromatic heterocycles. The van der Waals surface area contributed by atoms with E-state index in [2.05, 4.69) is 32.1 Å². The van der Waals surface area contributed by atoms with E-state index in [1.807, 2.05) is 13.8 Å². The first-order valence-corrected chi connectivity index (χ1v) is 8.06. The molecule has 5 heteroatoms. The van der Waals surface area contributed by atoms with Gasteiger partial charge >= 0.3 is 0 Å².